The molecule has 0 aromatic heterocycles. The number of methoxy groups -OCH3 is 1. The number of nitrogens with one attached hydrogen (secondary N) is 1. The van der Waals surface area contributed by atoms with Crippen molar-refractivity contribution in [2.24, 2.45) is 0 Å². The third kappa shape index (κ3) is 2.20. The summed E-state index contributed by atoms with van der Waals surface area (Å²) in [6.45, 7) is 0.840. The molecule has 2 atom stereocenters. The van der Waals surface area contributed by atoms with E-state index >= 15 is 0 Å². The minimum Gasteiger partial charge on any atom is -0.468 e. The largest absolute Gasteiger partial charge is 0.468 e. The van der Waals surface area contributed by atoms with E-state index in [2.05, 4.69) is 5.32 Å². The second-order valence-electron chi connectivity index (χ2n) is 3.90. The van der Waals surface area contributed by atoms with Crippen LogP contribution in [0.25, 0.3) is 0 Å². The molecule has 1 aliphatic heterocycles. The average molecular weight is 240 g/mol. The highest BCUT2D eigenvalue weighted by Crippen LogP contribution is 2.29. The molecule has 1 aliphatic rings. The summed E-state index contributed by atoms with van der Waals surface area (Å²) in [4.78, 5) is 11.6. The monoisotopic (exact) mass is 239 g/mol. The van der Waals surface area contributed by atoms with Gasteiger partial charge in [-0.05, 0) is 30.7 Å². The molecule has 0 amide bonds. The lowest BCUT2D eigenvalue weighted by molar-refractivity contribution is -0.143. The Balaban J connectivity index is 2.19. The van der Waals surface area contributed by atoms with Gasteiger partial charge in [0.15, 0.2) is 0 Å². The van der Waals surface area contributed by atoms with Gasteiger partial charge in [-0.1, -0.05) is 23.7 Å². The van der Waals surface area contributed by atoms with Gasteiger partial charge in [0.2, 0.25) is 0 Å². The first-order chi connectivity index (χ1) is 7.72. The highest BCUT2D eigenvalue weighted by atomic mass is 35.5. The first kappa shape index (κ1) is 11.4. The molecule has 1 heterocycles. The van der Waals surface area contributed by atoms with Gasteiger partial charge in [0.05, 0.1) is 7.11 Å². The summed E-state index contributed by atoms with van der Waals surface area (Å²) >= 11 is 5.84. The van der Waals surface area contributed by atoms with Crippen LogP contribution in [0, 0.1) is 0 Å². The molecular formula is C12H14ClNO2. The number of carbonyl (C=O) groups excluding carboxylic acids is 1. The Morgan fingerprint density at radius 2 is 2.12 bits per heavy atom. The van der Waals surface area contributed by atoms with Crippen LogP contribution in [-0.4, -0.2) is 25.7 Å². The Morgan fingerprint density at radius 3 is 2.75 bits per heavy atom. The molecule has 0 spiro atoms. The van der Waals surface area contributed by atoms with E-state index in [0.29, 0.717) is 5.02 Å². The van der Waals surface area contributed by atoms with Crippen LogP contribution in [0.15, 0.2) is 24.3 Å². The molecule has 2 rings (SSSR count). The number of benzene rings is 1. The van der Waals surface area contributed by atoms with Crippen LogP contribution < -0.4 is 5.32 Å². The summed E-state index contributed by atoms with van der Waals surface area (Å²) in [5, 5.41) is 3.88. The fraction of sp³-hybridized carbons (Fsp3) is 0.417. The molecule has 1 aromatic rings. The smallest absolute Gasteiger partial charge is 0.323 e. The van der Waals surface area contributed by atoms with E-state index in [1.807, 2.05) is 24.3 Å². The number of rotatable bonds is 2. The molecule has 1 aromatic carbocycles. The molecule has 1 saturated heterocycles. The van der Waals surface area contributed by atoms with Crippen molar-refractivity contribution < 1.29 is 9.53 Å². The zero-order valence-corrected chi connectivity index (χ0v) is 9.83. The summed E-state index contributed by atoms with van der Waals surface area (Å²) < 4.78 is 4.78. The van der Waals surface area contributed by atoms with Crippen LogP contribution in [0.4, 0.5) is 0 Å². The minimum atomic E-state index is -0.230. The molecule has 1 fully saturated rings. The molecule has 3 nitrogen and oxygen atoms in total. The van der Waals surface area contributed by atoms with E-state index in [0.717, 1.165) is 18.5 Å². The lowest BCUT2D eigenvalue weighted by atomic mass is 9.92. The Bertz CT molecular complexity index is 377. The minimum absolute atomic E-state index is 0.185. The van der Waals surface area contributed by atoms with Crippen molar-refractivity contribution in [3.63, 3.8) is 0 Å². The van der Waals surface area contributed by atoms with Gasteiger partial charge in [-0.25, -0.2) is 0 Å². The molecule has 0 radical (unpaired) electrons. The highest BCUT2D eigenvalue weighted by Gasteiger charge is 2.34. The summed E-state index contributed by atoms with van der Waals surface area (Å²) in [5.74, 6) is -0.0119. The Labute approximate surface area is 99.7 Å². The fourth-order valence-electron chi connectivity index (χ4n) is 2.15. The van der Waals surface area contributed by atoms with Crippen LogP contribution in [0.5, 0.6) is 0 Å². The van der Waals surface area contributed by atoms with Crippen molar-refractivity contribution in [1.82, 2.24) is 5.32 Å². The van der Waals surface area contributed by atoms with Crippen LogP contribution >= 0.6 is 11.6 Å². The molecule has 0 aliphatic carbocycles. The predicted octanol–water partition coefficient (Wildman–Crippen LogP) is 1.96. The summed E-state index contributed by atoms with van der Waals surface area (Å²) in [7, 11) is 1.42. The first-order valence-electron chi connectivity index (χ1n) is 5.29. The lowest BCUT2D eigenvalue weighted by Crippen LogP contribution is -2.35. The zero-order valence-electron chi connectivity index (χ0n) is 9.07. The SMILES string of the molecule is COC(=O)C1NCCC1c1ccc(Cl)cc1. The standard InChI is InChI=1S/C12H14ClNO2/c1-16-12(15)11-10(6-7-14-11)8-2-4-9(13)5-3-8/h2-5,10-11,14H,6-7H2,1H3. The van der Waals surface area contributed by atoms with Gasteiger partial charge in [0, 0.05) is 10.9 Å². The highest BCUT2D eigenvalue weighted by molar-refractivity contribution is 6.30. The normalized spacial score (nSPS) is 24.4. The summed E-state index contributed by atoms with van der Waals surface area (Å²) in [5.41, 5.74) is 1.13. The number of hydrogen-bond acceptors (Lipinski definition) is 3. The maximum atomic E-state index is 11.6. The second-order valence-corrected chi connectivity index (χ2v) is 4.34. The quantitative estimate of drug-likeness (QED) is 0.802. The first-order valence-corrected chi connectivity index (χ1v) is 5.67. The number of hydrogen-bond donors (Lipinski definition) is 1. The van der Waals surface area contributed by atoms with Gasteiger partial charge in [-0.2, -0.15) is 0 Å². The number of esters is 1. The van der Waals surface area contributed by atoms with Crippen LogP contribution in [0.2, 0.25) is 5.02 Å². The Morgan fingerprint density at radius 1 is 1.44 bits per heavy atom. The molecule has 16 heavy (non-hydrogen) atoms. The molecule has 4 heteroatoms. The van der Waals surface area contributed by atoms with Gasteiger partial charge in [-0.15, -0.1) is 0 Å². The predicted molar refractivity (Wildman–Crippen MR) is 62.6 cm³/mol. The molecule has 0 bridgehead atoms. The van der Waals surface area contributed by atoms with Crippen molar-refractivity contribution in [2.45, 2.75) is 18.4 Å². The van der Waals surface area contributed by atoms with Crippen molar-refractivity contribution in [3.8, 4) is 0 Å². The van der Waals surface area contributed by atoms with Crippen LogP contribution in [0.1, 0.15) is 17.9 Å². The van der Waals surface area contributed by atoms with E-state index in [4.69, 9.17) is 16.3 Å². The number of halogens is 1. The fourth-order valence-corrected chi connectivity index (χ4v) is 2.27. The molecule has 2 unspecified atom stereocenters. The zero-order chi connectivity index (χ0) is 11.5. The lowest BCUT2D eigenvalue weighted by Gasteiger charge is -2.17. The van der Waals surface area contributed by atoms with Crippen LogP contribution in [0.3, 0.4) is 0 Å². The molecule has 0 saturated carbocycles. The third-order valence-corrected chi connectivity index (χ3v) is 3.23. The van der Waals surface area contributed by atoms with Gasteiger partial charge in [0.25, 0.3) is 0 Å². The van der Waals surface area contributed by atoms with Gasteiger partial charge in [-0.3, -0.25) is 4.79 Å². The Hall–Kier alpha value is -1.06. The topological polar surface area (TPSA) is 38.3 Å². The molecular weight excluding hydrogens is 226 g/mol. The van der Waals surface area contributed by atoms with E-state index in [9.17, 15) is 4.79 Å². The van der Waals surface area contributed by atoms with Crippen LogP contribution in [-0.2, 0) is 9.53 Å². The van der Waals surface area contributed by atoms with Gasteiger partial charge >= 0.3 is 5.97 Å². The Kier molecular flexibility index (Phi) is 3.46. The van der Waals surface area contributed by atoms with Crippen molar-refractivity contribution in [1.29, 1.82) is 0 Å². The van der Waals surface area contributed by atoms with E-state index in [1.165, 1.54) is 7.11 Å². The van der Waals surface area contributed by atoms with Crippen molar-refractivity contribution in [2.75, 3.05) is 13.7 Å². The molecule has 1 N–H and O–H groups in total. The molecule has 86 valence electrons. The number of carbonyl (C=O) groups is 1. The van der Waals surface area contributed by atoms with E-state index < -0.39 is 0 Å². The summed E-state index contributed by atoms with van der Waals surface area (Å²) in [6, 6.07) is 7.41. The number of ether oxygens (including phenoxy) is 1. The van der Waals surface area contributed by atoms with Gasteiger partial charge < -0.3 is 10.1 Å². The maximum absolute atomic E-state index is 11.6. The average Bonchev–Trinajstić information content (AvgIpc) is 2.78. The summed E-state index contributed by atoms with van der Waals surface area (Å²) in [6.07, 6.45) is 0.946. The van der Waals surface area contributed by atoms with Gasteiger partial charge in [0.1, 0.15) is 6.04 Å². The van der Waals surface area contributed by atoms with E-state index in [-0.39, 0.29) is 17.9 Å². The van der Waals surface area contributed by atoms with E-state index in [1.54, 1.807) is 0 Å². The second kappa shape index (κ2) is 4.85. The van der Waals surface area contributed by atoms with Crippen molar-refractivity contribution in [3.05, 3.63) is 34.9 Å². The van der Waals surface area contributed by atoms with Crippen molar-refractivity contribution >= 4 is 17.6 Å². The maximum Gasteiger partial charge on any atom is 0.323 e. The third-order valence-electron chi connectivity index (χ3n) is 2.98.